The van der Waals surface area contributed by atoms with E-state index >= 15 is 0 Å². The molecule has 104 valence electrons. The van der Waals surface area contributed by atoms with Crippen molar-refractivity contribution in [3.8, 4) is 5.75 Å². The van der Waals surface area contributed by atoms with Crippen LogP contribution in [-0.2, 0) is 4.79 Å². The van der Waals surface area contributed by atoms with Gasteiger partial charge in [-0.1, -0.05) is 24.1 Å². The molecule has 0 spiro atoms. The number of amides is 1. The minimum absolute atomic E-state index is 0.0000145. The zero-order chi connectivity index (χ0) is 13.7. The summed E-state index contributed by atoms with van der Waals surface area (Å²) in [4.78, 5) is 11.7. The molecule has 0 aliphatic heterocycles. The van der Waals surface area contributed by atoms with E-state index < -0.39 is 0 Å². The molecule has 1 N–H and O–H groups in total. The first-order valence-electron chi connectivity index (χ1n) is 6.44. The van der Waals surface area contributed by atoms with Crippen LogP contribution in [0.3, 0.4) is 0 Å². The van der Waals surface area contributed by atoms with E-state index in [-0.39, 0.29) is 17.9 Å². The minimum Gasteiger partial charge on any atom is -0.484 e. The second kappa shape index (κ2) is 7.01. The highest BCUT2D eigenvalue weighted by Gasteiger charge is 2.25. The van der Waals surface area contributed by atoms with Crippen LogP contribution in [0, 0.1) is 5.92 Å². The number of hydrogen-bond donors (Lipinski definition) is 1. The highest BCUT2D eigenvalue weighted by molar-refractivity contribution is 6.30. The van der Waals surface area contributed by atoms with Crippen LogP contribution in [-0.4, -0.2) is 24.4 Å². The maximum atomic E-state index is 11.7. The van der Waals surface area contributed by atoms with Crippen LogP contribution >= 0.6 is 23.2 Å². The Labute approximate surface area is 123 Å². The van der Waals surface area contributed by atoms with E-state index in [1.54, 1.807) is 24.3 Å². The molecular formula is C14H17Cl2NO2. The predicted octanol–water partition coefficient (Wildman–Crippen LogP) is 3.24. The lowest BCUT2D eigenvalue weighted by Crippen LogP contribution is -2.34. The highest BCUT2D eigenvalue weighted by Crippen LogP contribution is 2.29. The summed E-state index contributed by atoms with van der Waals surface area (Å²) in [6, 6.07) is 6.99. The van der Waals surface area contributed by atoms with Crippen LogP contribution in [0.1, 0.15) is 19.3 Å². The van der Waals surface area contributed by atoms with E-state index in [0.717, 1.165) is 19.3 Å². The topological polar surface area (TPSA) is 38.3 Å². The molecule has 0 aromatic heterocycles. The second-order valence-corrected chi connectivity index (χ2v) is 5.75. The minimum atomic E-state index is -0.129. The quantitative estimate of drug-likeness (QED) is 0.848. The Morgan fingerprint density at radius 2 is 2.26 bits per heavy atom. The van der Waals surface area contributed by atoms with E-state index in [0.29, 0.717) is 23.2 Å². The van der Waals surface area contributed by atoms with Crippen molar-refractivity contribution in [3.05, 3.63) is 29.3 Å². The molecule has 2 atom stereocenters. The number of alkyl halides is 1. The second-order valence-electron chi connectivity index (χ2n) is 4.76. The Balaban J connectivity index is 1.70. The highest BCUT2D eigenvalue weighted by atomic mass is 35.5. The standard InChI is InChI=1S/C14H17Cl2NO2/c15-11-4-2-5-12(7-11)19-9-14(18)17-8-10-3-1-6-13(10)16/h2,4-5,7,10,13H,1,3,6,8-9H2,(H,17,18). The van der Waals surface area contributed by atoms with Gasteiger partial charge in [-0.25, -0.2) is 0 Å². The molecule has 2 unspecified atom stereocenters. The average molecular weight is 302 g/mol. The average Bonchev–Trinajstić information content (AvgIpc) is 2.80. The van der Waals surface area contributed by atoms with Gasteiger partial charge in [0.05, 0.1) is 0 Å². The van der Waals surface area contributed by atoms with Gasteiger partial charge in [-0.15, -0.1) is 11.6 Å². The number of carbonyl (C=O) groups is 1. The van der Waals surface area contributed by atoms with Crippen LogP contribution in [0.15, 0.2) is 24.3 Å². The summed E-state index contributed by atoms with van der Waals surface area (Å²) in [6.07, 6.45) is 3.28. The van der Waals surface area contributed by atoms with Crippen molar-refractivity contribution in [1.82, 2.24) is 5.32 Å². The molecule has 1 saturated carbocycles. The summed E-state index contributed by atoms with van der Waals surface area (Å²) in [5, 5.41) is 3.64. The van der Waals surface area contributed by atoms with Gasteiger partial charge in [-0.3, -0.25) is 4.79 Å². The molecule has 0 radical (unpaired) electrons. The lowest BCUT2D eigenvalue weighted by Gasteiger charge is -2.14. The Hall–Kier alpha value is -0.930. The molecule has 1 aliphatic rings. The van der Waals surface area contributed by atoms with Crippen molar-refractivity contribution in [3.63, 3.8) is 0 Å². The van der Waals surface area contributed by atoms with Crippen molar-refractivity contribution in [2.75, 3.05) is 13.2 Å². The molecule has 1 aromatic carbocycles. The third-order valence-electron chi connectivity index (χ3n) is 3.29. The number of nitrogens with one attached hydrogen (secondary N) is 1. The van der Waals surface area contributed by atoms with Crippen LogP contribution in [0.25, 0.3) is 0 Å². The van der Waals surface area contributed by atoms with E-state index in [9.17, 15) is 4.79 Å². The van der Waals surface area contributed by atoms with E-state index in [4.69, 9.17) is 27.9 Å². The smallest absolute Gasteiger partial charge is 0.257 e. The van der Waals surface area contributed by atoms with Crippen molar-refractivity contribution in [1.29, 1.82) is 0 Å². The summed E-state index contributed by atoms with van der Waals surface area (Å²) in [7, 11) is 0. The number of hydrogen-bond acceptors (Lipinski definition) is 2. The van der Waals surface area contributed by atoms with Gasteiger partial charge in [-0.05, 0) is 37.0 Å². The van der Waals surface area contributed by atoms with Gasteiger partial charge in [0, 0.05) is 16.9 Å². The number of rotatable bonds is 5. The first-order chi connectivity index (χ1) is 9.15. The van der Waals surface area contributed by atoms with Crippen LogP contribution in [0.5, 0.6) is 5.75 Å². The van der Waals surface area contributed by atoms with Gasteiger partial charge in [-0.2, -0.15) is 0 Å². The Morgan fingerprint density at radius 3 is 2.95 bits per heavy atom. The summed E-state index contributed by atoms with van der Waals surface area (Å²) in [6.45, 7) is 0.631. The fraction of sp³-hybridized carbons (Fsp3) is 0.500. The molecule has 3 nitrogen and oxygen atoms in total. The normalized spacial score (nSPS) is 22.2. The van der Waals surface area contributed by atoms with Crippen molar-refractivity contribution >= 4 is 29.1 Å². The number of ether oxygens (including phenoxy) is 1. The third-order valence-corrected chi connectivity index (χ3v) is 4.10. The first kappa shape index (κ1) is 14.5. The maximum Gasteiger partial charge on any atom is 0.257 e. The SMILES string of the molecule is O=C(COc1cccc(Cl)c1)NCC1CCCC1Cl. The number of benzene rings is 1. The molecule has 1 fully saturated rings. The molecule has 1 aliphatic carbocycles. The molecule has 0 bridgehead atoms. The van der Waals surface area contributed by atoms with Gasteiger partial charge in [0.1, 0.15) is 5.75 Å². The molecular weight excluding hydrogens is 285 g/mol. The molecule has 1 amide bonds. The monoisotopic (exact) mass is 301 g/mol. The molecule has 0 heterocycles. The van der Waals surface area contributed by atoms with Gasteiger partial charge >= 0.3 is 0 Å². The summed E-state index contributed by atoms with van der Waals surface area (Å²) in [5.74, 6) is 0.853. The summed E-state index contributed by atoms with van der Waals surface area (Å²) in [5.41, 5.74) is 0. The molecule has 2 rings (SSSR count). The molecule has 19 heavy (non-hydrogen) atoms. The molecule has 0 saturated heterocycles. The molecule has 1 aromatic rings. The van der Waals surface area contributed by atoms with Gasteiger partial charge in [0.25, 0.3) is 5.91 Å². The van der Waals surface area contributed by atoms with Crippen LogP contribution < -0.4 is 10.1 Å². The van der Waals surface area contributed by atoms with Crippen LogP contribution in [0.2, 0.25) is 5.02 Å². The fourth-order valence-corrected chi connectivity index (χ4v) is 2.77. The Kier molecular flexibility index (Phi) is 5.34. The van der Waals surface area contributed by atoms with E-state index in [1.807, 2.05) is 0 Å². The first-order valence-corrected chi connectivity index (χ1v) is 7.26. The summed E-state index contributed by atoms with van der Waals surface area (Å²) < 4.78 is 5.36. The van der Waals surface area contributed by atoms with Gasteiger partial charge < -0.3 is 10.1 Å². The van der Waals surface area contributed by atoms with Gasteiger partial charge in [0.2, 0.25) is 0 Å². The van der Waals surface area contributed by atoms with Crippen molar-refractivity contribution < 1.29 is 9.53 Å². The van der Waals surface area contributed by atoms with E-state index in [2.05, 4.69) is 5.32 Å². The molecule has 5 heteroatoms. The zero-order valence-electron chi connectivity index (χ0n) is 10.6. The fourth-order valence-electron chi connectivity index (χ4n) is 2.22. The van der Waals surface area contributed by atoms with Crippen molar-refractivity contribution in [2.24, 2.45) is 5.92 Å². The maximum absolute atomic E-state index is 11.7. The van der Waals surface area contributed by atoms with Gasteiger partial charge in [0.15, 0.2) is 6.61 Å². The number of halogens is 2. The van der Waals surface area contributed by atoms with E-state index in [1.165, 1.54) is 0 Å². The lowest BCUT2D eigenvalue weighted by atomic mass is 10.1. The number of carbonyl (C=O) groups excluding carboxylic acids is 1. The van der Waals surface area contributed by atoms with Crippen molar-refractivity contribution in [2.45, 2.75) is 24.6 Å². The Bertz CT molecular complexity index is 439. The lowest BCUT2D eigenvalue weighted by molar-refractivity contribution is -0.123. The predicted molar refractivity (Wildman–Crippen MR) is 76.9 cm³/mol. The largest absolute Gasteiger partial charge is 0.484 e. The third kappa shape index (κ3) is 4.59. The zero-order valence-corrected chi connectivity index (χ0v) is 12.1. The Morgan fingerprint density at radius 1 is 1.42 bits per heavy atom. The van der Waals surface area contributed by atoms with Crippen LogP contribution in [0.4, 0.5) is 0 Å². The summed E-state index contributed by atoms with van der Waals surface area (Å²) >= 11 is 12.0.